The van der Waals surface area contributed by atoms with Crippen LogP contribution < -0.4 is 4.72 Å². The highest BCUT2D eigenvalue weighted by Crippen LogP contribution is 2.12. The van der Waals surface area contributed by atoms with Crippen molar-refractivity contribution in [2.45, 2.75) is 6.61 Å². The molecular weight excluding hydrogens is 276 g/mol. The fourth-order valence-electron chi connectivity index (χ4n) is 1.06. The first-order chi connectivity index (χ1) is 8.54. The van der Waals surface area contributed by atoms with E-state index in [0.29, 0.717) is 5.56 Å². The van der Waals surface area contributed by atoms with Crippen LogP contribution in [0.2, 0.25) is 0 Å². The standard InChI is InChI=1S/C10H10N2O4S2/c1-18-11-9(17)10(13)16-6-7-2-4-8(5-3-7)12(14)15/h2-5H,6H2,1H3,(H,11,17). The molecule has 0 aliphatic carbocycles. The third-order valence-corrected chi connectivity index (χ3v) is 2.70. The second kappa shape index (κ2) is 6.92. The number of ether oxygens (including phenoxy) is 1. The SMILES string of the molecule is CSNC(=S)C(=O)OCc1ccc([N+](=O)[O-])cc1. The maximum atomic E-state index is 11.3. The van der Waals surface area contributed by atoms with Gasteiger partial charge < -0.3 is 9.46 Å². The number of thiocarbonyl (C=S) groups is 1. The van der Waals surface area contributed by atoms with Gasteiger partial charge in [0, 0.05) is 18.4 Å². The molecule has 0 atom stereocenters. The van der Waals surface area contributed by atoms with Gasteiger partial charge in [-0.1, -0.05) is 24.2 Å². The van der Waals surface area contributed by atoms with E-state index in [-0.39, 0.29) is 17.3 Å². The number of carbonyl (C=O) groups is 1. The van der Waals surface area contributed by atoms with Crippen molar-refractivity contribution in [2.75, 3.05) is 6.26 Å². The summed E-state index contributed by atoms with van der Waals surface area (Å²) in [5.41, 5.74) is 0.644. The molecule has 0 fully saturated rings. The molecule has 8 heteroatoms. The summed E-state index contributed by atoms with van der Waals surface area (Å²) in [5.74, 6) is -0.627. The van der Waals surface area contributed by atoms with Crippen molar-refractivity contribution < 1.29 is 14.5 Å². The summed E-state index contributed by atoms with van der Waals surface area (Å²) in [7, 11) is 0. The fraction of sp³-hybridized carbons (Fsp3) is 0.200. The zero-order valence-electron chi connectivity index (χ0n) is 9.41. The normalized spacial score (nSPS) is 9.61. The number of benzene rings is 1. The zero-order chi connectivity index (χ0) is 13.5. The van der Waals surface area contributed by atoms with Crippen LogP contribution >= 0.6 is 24.2 Å². The Balaban J connectivity index is 2.51. The van der Waals surface area contributed by atoms with Gasteiger partial charge >= 0.3 is 5.97 Å². The van der Waals surface area contributed by atoms with Crippen molar-refractivity contribution in [1.29, 1.82) is 0 Å². The average Bonchev–Trinajstić information content (AvgIpc) is 2.36. The van der Waals surface area contributed by atoms with Gasteiger partial charge in [0.2, 0.25) is 0 Å². The Morgan fingerprint density at radius 1 is 1.50 bits per heavy atom. The molecule has 0 saturated carbocycles. The van der Waals surface area contributed by atoms with Crippen LogP contribution in [0, 0.1) is 10.1 Å². The van der Waals surface area contributed by atoms with Crippen LogP contribution in [0.25, 0.3) is 0 Å². The van der Waals surface area contributed by atoms with Crippen molar-refractivity contribution in [2.24, 2.45) is 0 Å². The van der Waals surface area contributed by atoms with Crippen LogP contribution in [0.3, 0.4) is 0 Å². The first-order valence-electron chi connectivity index (χ1n) is 4.78. The second-order valence-corrected chi connectivity index (χ2v) is 4.16. The highest BCUT2D eigenvalue weighted by molar-refractivity contribution is 7.98. The number of nitro groups is 1. The number of rotatable bonds is 4. The number of nitro benzene ring substituents is 1. The highest BCUT2D eigenvalue weighted by Gasteiger charge is 2.10. The number of carbonyl (C=O) groups excluding carboxylic acids is 1. The summed E-state index contributed by atoms with van der Waals surface area (Å²) in [6.45, 7) is 0.0209. The summed E-state index contributed by atoms with van der Waals surface area (Å²) < 4.78 is 7.51. The van der Waals surface area contributed by atoms with E-state index in [1.807, 2.05) is 0 Å². The minimum absolute atomic E-state index is 0.00959. The van der Waals surface area contributed by atoms with E-state index in [0.717, 1.165) is 0 Å². The first-order valence-corrected chi connectivity index (χ1v) is 6.41. The third-order valence-electron chi connectivity index (χ3n) is 1.90. The van der Waals surface area contributed by atoms with Gasteiger partial charge in [0.15, 0.2) is 4.99 Å². The molecule has 0 spiro atoms. The van der Waals surface area contributed by atoms with Crippen molar-refractivity contribution >= 4 is 40.8 Å². The summed E-state index contributed by atoms with van der Waals surface area (Å²) in [6, 6.07) is 5.75. The maximum Gasteiger partial charge on any atom is 0.367 e. The minimum Gasteiger partial charge on any atom is -0.456 e. The molecular formula is C10H10N2O4S2. The summed E-state index contributed by atoms with van der Waals surface area (Å²) >= 11 is 5.95. The first kappa shape index (κ1) is 14.4. The van der Waals surface area contributed by atoms with Gasteiger partial charge in [0.05, 0.1) is 4.92 Å². The molecule has 0 aliphatic heterocycles. The molecule has 18 heavy (non-hydrogen) atoms. The molecule has 6 nitrogen and oxygen atoms in total. The van der Waals surface area contributed by atoms with E-state index in [1.165, 1.54) is 36.2 Å². The number of non-ortho nitro benzene ring substituents is 1. The largest absolute Gasteiger partial charge is 0.456 e. The molecule has 0 aliphatic rings. The predicted molar refractivity (Wildman–Crippen MR) is 72.1 cm³/mol. The van der Waals surface area contributed by atoms with Gasteiger partial charge in [-0.2, -0.15) is 0 Å². The van der Waals surface area contributed by atoms with Crippen molar-refractivity contribution in [1.82, 2.24) is 4.72 Å². The predicted octanol–water partition coefficient (Wildman–Crippen LogP) is 1.83. The molecule has 1 aromatic rings. The lowest BCUT2D eigenvalue weighted by molar-refractivity contribution is -0.384. The van der Waals surface area contributed by atoms with E-state index in [2.05, 4.69) is 4.72 Å². The Morgan fingerprint density at radius 2 is 2.11 bits per heavy atom. The maximum absolute atomic E-state index is 11.3. The molecule has 1 N–H and O–H groups in total. The van der Waals surface area contributed by atoms with E-state index >= 15 is 0 Å². The number of hydrogen-bond acceptors (Lipinski definition) is 6. The smallest absolute Gasteiger partial charge is 0.367 e. The van der Waals surface area contributed by atoms with Crippen LogP contribution in [0.1, 0.15) is 5.56 Å². The van der Waals surface area contributed by atoms with Gasteiger partial charge in [-0.05, 0) is 17.7 Å². The van der Waals surface area contributed by atoms with Crippen LogP contribution in [-0.4, -0.2) is 22.1 Å². The van der Waals surface area contributed by atoms with E-state index < -0.39 is 10.9 Å². The fourth-order valence-corrected chi connectivity index (χ4v) is 1.64. The number of hydrogen-bond donors (Lipinski definition) is 1. The topological polar surface area (TPSA) is 81.5 Å². The van der Waals surface area contributed by atoms with Gasteiger partial charge in [0.1, 0.15) is 6.61 Å². The molecule has 0 unspecified atom stereocenters. The Morgan fingerprint density at radius 3 is 2.61 bits per heavy atom. The second-order valence-electron chi connectivity index (χ2n) is 3.13. The molecule has 0 amide bonds. The lowest BCUT2D eigenvalue weighted by Gasteiger charge is -2.05. The molecule has 96 valence electrons. The molecule has 1 rings (SSSR count). The molecule has 0 bridgehead atoms. The number of nitrogens with zero attached hydrogens (tertiary/aromatic N) is 1. The van der Waals surface area contributed by atoms with Crippen LogP contribution in [0.15, 0.2) is 24.3 Å². The molecule has 0 heterocycles. The van der Waals surface area contributed by atoms with Crippen molar-refractivity contribution in [3.63, 3.8) is 0 Å². The lowest BCUT2D eigenvalue weighted by Crippen LogP contribution is -2.25. The van der Waals surface area contributed by atoms with Crippen molar-refractivity contribution in [3.05, 3.63) is 39.9 Å². The van der Waals surface area contributed by atoms with Crippen LogP contribution in [0.5, 0.6) is 0 Å². The number of esters is 1. The van der Waals surface area contributed by atoms with Crippen molar-refractivity contribution in [3.8, 4) is 0 Å². The van der Waals surface area contributed by atoms with E-state index in [4.69, 9.17) is 17.0 Å². The van der Waals surface area contributed by atoms with E-state index in [9.17, 15) is 14.9 Å². The summed E-state index contributed by atoms with van der Waals surface area (Å²) in [4.78, 5) is 21.3. The Hall–Kier alpha value is -1.67. The molecule has 0 radical (unpaired) electrons. The third kappa shape index (κ3) is 4.30. The molecule has 1 aromatic carbocycles. The zero-order valence-corrected chi connectivity index (χ0v) is 11.0. The number of nitrogens with one attached hydrogen (secondary N) is 1. The average molecular weight is 286 g/mol. The van der Waals surface area contributed by atoms with Gasteiger partial charge in [-0.15, -0.1) is 0 Å². The Kier molecular flexibility index (Phi) is 5.53. The van der Waals surface area contributed by atoms with Gasteiger partial charge in [0.25, 0.3) is 5.69 Å². The van der Waals surface area contributed by atoms with Crippen LogP contribution in [-0.2, 0) is 16.1 Å². The monoisotopic (exact) mass is 286 g/mol. The summed E-state index contributed by atoms with van der Waals surface area (Å²) in [6.07, 6.45) is 1.73. The lowest BCUT2D eigenvalue weighted by atomic mass is 10.2. The van der Waals surface area contributed by atoms with E-state index in [1.54, 1.807) is 6.26 Å². The molecule has 0 saturated heterocycles. The Labute approximate surface area is 113 Å². The quantitative estimate of drug-likeness (QED) is 0.297. The minimum atomic E-state index is -0.627. The Bertz CT molecular complexity index is 461. The summed E-state index contributed by atoms with van der Waals surface area (Å²) in [5, 5.41) is 10.4. The molecule has 0 aromatic heterocycles. The van der Waals surface area contributed by atoms with Gasteiger partial charge in [-0.3, -0.25) is 10.1 Å². The van der Waals surface area contributed by atoms with Crippen LogP contribution in [0.4, 0.5) is 5.69 Å². The highest BCUT2D eigenvalue weighted by atomic mass is 32.2. The van der Waals surface area contributed by atoms with Gasteiger partial charge in [-0.25, -0.2) is 4.79 Å².